The van der Waals surface area contributed by atoms with E-state index in [9.17, 15) is 4.79 Å². The van der Waals surface area contributed by atoms with Gasteiger partial charge in [-0.2, -0.15) is 0 Å². The van der Waals surface area contributed by atoms with Gasteiger partial charge in [0.05, 0.1) is 0 Å². The Bertz CT molecular complexity index is 694. The first kappa shape index (κ1) is 16.7. The van der Waals surface area contributed by atoms with Crippen LogP contribution in [0.5, 0.6) is 0 Å². The third-order valence-corrected chi connectivity index (χ3v) is 4.97. The molecule has 2 aromatic rings. The minimum absolute atomic E-state index is 0.109. The van der Waals surface area contributed by atoms with Crippen LogP contribution >= 0.6 is 0 Å². The summed E-state index contributed by atoms with van der Waals surface area (Å²) in [7, 11) is 0. The summed E-state index contributed by atoms with van der Waals surface area (Å²) in [6.07, 6.45) is 7.72. The lowest BCUT2D eigenvalue weighted by Gasteiger charge is -2.22. The molecule has 1 aromatic heterocycles. The number of carbonyl (C=O) groups excluding carboxylic acids is 1. The summed E-state index contributed by atoms with van der Waals surface area (Å²) in [6.45, 7) is 4.94. The van der Waals surface area contributed by atoms with Crippen LogP contribution in [0.25, 0.3) is 0 Å². The molecular weight excluding hydrogens is 296 g/mol. The van der Waals surface area contributed by atoms with Crippen LogP contribution in [-0.2, 0) is 24.2 Å². The third kappa shape index (κ3) is 4.02. The monoisotopic (exact) mass is 322 g/mol. The summed E-state index contributed by atoms with van der Waals surface area (Å²) in [6, 6.07) is 10.7. The predicted octanol–water partition coefficient (Wildman–Crippen LogP) is 4.02. The highest BCUT2D eigenvalue weighted by molar-refractivity contribution is 5.77. The maximum absolute atomic E-state index is 12.4. The maximum atomic E-state index is 12.4. The third-order valence-electron chi connectivity index (χ3n) is 4.97. The fourth-order valence-electron chi connectivity index (χ4n) is 3.54. The molecule has 1 aliphatic carbocycles. The highest BCUT2D eigenvalue weighted by atomic mass is 16.1. The van der Waals surface area contributed by atoms with Gasteiger partial charge in [-0.25, -0.2) is 0 Å². The molecule has 0 radical (unpaired) electrons. The van der Waals surface area contributed by atoms with Crippen molar-refractivity contribution < 1.29 is 4.79 Å². The van der Waals surface area contributed by atoms with Gasteiger partial charge in [-0.15, -0.1) is 0 Å². The van der Waals surface area contributed by atoms with Crippen molar-refractivity contribution in [1.82, 2.24) is 10.3 Å². The zero-order chi connectivity index (χ0) is 16.9. The van der Waals surface area contributed by atoms with Crippen molar-refractivity contribution in [3.63, 3.8) is 0 Å². The van der Waals surface area contributed by atoms with Gasteiger partial charge in [0.1, 0.15) is 0 Å². The second-order valence-electron chi connectivity index (χ2n) is 7.07. The molecule has 0 spiro atoms. The Kier molecular flexibility index (Phi) is 5.29. The van der Waals surface area contributed by atoms with Crippen LogP contribution in [0.3, 0.4) is 0 Å². The van der Waals surface area contributed by atoms with Gasteiger partial charge in [0, 0.05) is 25.4 Å². The number of nitrogens with one attached hydrogen (secondary N) is 1. The molecule has 3 heteroatoms. The van der Waals surface area contributed by atoms with E-state index in [1.165, 1.54) is 36.0 Å². The number of pyridine rings is 1. The summed E-state index contributed by atoms with van der Waals surface area (Å²) in [4.78, 5) is 16.5. The first-order valence-corrected chi connectivity index (χ1v) is 8.91. The second kappa shape index (κ2) is 7.61. The summed E-state index contributed by atoms with van der Waals surface area (Å²) < 4.78 is 0. The van der Waals surface area contributed by atoms with E-state index in [-0.39, 0.29) is 11.8 Å². The van der Waals surface area contributed by atoms with Crippen LogP contribution in [0.15, 0.2) is 42.7 Å². The molecular formula is C21H26N2O. The van der Waals surface area contributed by atoms with Gasteiger partial charge in [0.25, 0.3) is 0 Å². The molecule has 1 aliphatic rings. The van der Waals surface area contributed by atoms with E-state index in [0.29, 0.717) is 18.9 Å². The first-order valence-electron chi connectivity index (χ1n) is 8.91. The van der Waals surface area contributed by atoms with Crippen molar-refractivity contribution in [2.24, 2.45) is 5.92 Å². The van der Waals surface area contributed by atoms with Crippen LogP contribution in [0.2, 0.25) is 0 Å². The van der Waals surface area contributed by atoms with E-state index >= 15 is 0 Å². The Morgan fingerprint density at radius 2 is 2.04 bits per heavy atom. The molecule has 126 valence electrons. The highest BCUT2D eigenvalue weighted by Crippen LogP contribution is 2.32. The quantitative estimate of drug-likeness (QED) is 0.873. The number of hydrogen-bond donors (Lipinski definition) is 1. The Morgan fingerprint density at radius 3 is 2.79 bits per heavy atom. The van der Waals surface area contributed by atoms with Crippen molar-refractivity contribution in [3.8, 4) is 0 Å². The van der Waals surface area contributed by atoms with Crippen LogP contribution in [-0.4, -0.2) is 10.9 Å². The van der Waals surface area contributed by atoms with E-state index in [4.69, 9.17) is 0 Å². The lowest BCUT2D eigenvalue weighted by atomic mass is 9.84. The van der Waals surface area contributed by atoms with Gasteiger partial charge in [-0.3, -0.25) is 9.78 Å². The average molecular weight is 322 g/mol. The lowest BCUT2D eigenvalue weighted by molar-refractivity contribution is -0.121. The molecule has 0 fully saturated rings. The molecule has 1 heterocycles. The fourth-order valence-corrected chi connectivity index (χ4v) is 3.54. The molecule has 1 N–H and O–H groups in total. The van der Waals surface area contributed by atoms with Gasteiger partial charge in [-0.1, -0.05) is 38.1 Å². The average Bonchev–Trinajstić information content (AvgIpc) is 3.06. The second-order valence-corrected chi connectivity index (χ2v) is 7.07. The van der Waals surface area contributed by atoms with E-state index in [1.807, 2.05) is 12.1 Å². The minimum Gasteiger partial charge on any atom is -0.352 e. The smallest absolute Gasteiger partial charge is 0.220 e. The molecule has 0 bridgehead atoms. The minimum atomic E-state index is 0.109. The molecule has 0 saturated heterocycles. The zero-order valence-corrected chi connectivity index (χ0v) is 14.6. The van der Waals surface area contributed by atoms with Gasteiger partial charge < -0.3 is 5.32 Å². The zero-order valence-electron chi connectivity index (χ0n) is 14.6. The van der Waals surface area contributed by atoms with Crippen LogP contribution in [0.4, 0.5) is 0 Å². The molecule has 0 aliphatic heterocycles. The maximum Gasteiger partial charge on any atom is 0.220 e. The molecule has 3 nitrogen and oxygen atoms in total. The van der Waals surface area contributed by atoms with Gasteiger partial charge in [0.15, 0.2) is 0 Å². The van der Waals surface area contributed by atoms with Gasteiger partial charge >= 0.3 is 0 Å². The molecule has 24 heavy (non-hydrogen) atoms. The van der Waals surface area contributed by atoms with Crippen LogP contribution in [0, 0.1) is 5.92 Å². The molecule has 0 saturated carbocycles. The van der Waals surface area contributed by atoms with Crippen molar-refractivity contribution >= 4 is 5.91 Å². The van der Waals surface area contributed by atoms with E-state index in [2.05, 4.69) is 42.3 Å². The van der Waals surface area contributed by atoms with Crippen molar-refractivity contribution in [3.05, 3.63) is 65.0 Å². The number of nitrogens with zero attached hydrogens (tertiary/aromatic N) is 1. The van der Waals surface area contributed by atoms with Crippen molar-refractivity contribution in [1.29, 1.82) is 0 Å². The van der Waals surface area contributed by atoms with E-state index in [0.717, 1.165) is 5.56 Å². The van der Waals surface area contributed by atoms with Crippen LogP contribution in [0.1, 0.15) is 54.9 Å². The Morgan fingerprint density at radius 1 is 1.21 bits per heavy atom. The number of carbonyl (C=O) groups is 1. The predicted molar refractivity (Wildman–Crippen MR) is 96.7 cm³/mol. The Labute approximate surface area is 144 Å². The lowest BCUT2D eigenvalue weighted by Crippen LogP contribution is -2.26. The number of aromatic nitrogens is 1. The van der Waals surface area contributed by atoms with Crippen LogP contribution < -0.4 is 5.32 Å². The molecule has 1 unspecified atom stereocenters. The molecule has 1 atom stereocenters. The van der Waals surface area contributed by atoms with E-state index < -0.39 is 0 Å². The molecule has 1 amide bonds. The number of benzene rings is 1. The summed E-state index contributed by atoms with van der Waals surface area (Å²) in [5.41, 5.74) is 5.31. The summed E-state index contributed by atoms with van der Waals surface area (Å²) in [5.74, 6) is 0.816. The van der Waals surface area contributed by atoms with Gasteiger partial charge in [0.2, 0.25) is 5.91 Å². The summed E-state index contributed by atoms with van der Waals surface area (Å²) in [5, 5.41) is 3.03. The molecule has 3 rings (SSSR count). The van der Waals surface area contributed by atoms with E-state index in [1.54, 1.807) is 12.4 Å². The largest absolute Gasteiger partial charge is 0.352 e. The van der Waals surface area contributed by atoms with Gasteiger partial charge in [-0.05, 0) is 59.4 Å². The Balaban J connectivity index is 1.64. The topological polar surface area (TPSA) is 42.0 Å². The number of hydrogen-bond acceptors (Lipinski definition) is 2. The highest BCUT2D eigenvalue weighted by Gasteiger charge is 2.21. The normalized spacial score (nSPS) is 14.5. The SMILES string of the molecule is CC(C)C(CC(=O)NCc1cccnc1)c1ccc2c(c1)CCC2. The number of fused-ring (bicyclic) bond motifs is 1. The van der Waals surface area contributed by atoms with Crippen molar-refractivity contribution in [2.45, 2.75) is 52.0 Å². The fraction of sp³-hybridized carbons (Fsp3) is 0.429. The number of rotatable bonds is 6. The number of aryl methyl sites for hydroxylation is 2. The number of amides is 1. The van der Waals surface area contributed by atoms with Crippen molar-refractivity contribution in [2.75, 3.05) is 0 Å². The summed E-state index contributed by atoms with van der Waals surface area (Å²) >= 11 is 0. The molecule has 1 aromatic carbocycles. The standard InChI is InChI=1S/C21H26N2O/c1-15(2)20(19-9-8-17-6-3-7-18(17)11-19)12-21(24)23-14-16-5-4-10-22-13-16/h4-5,8-11,13,15,20H,3,6-7,12,14H2,1-2H3,(H,23,24). The first-order chi connectivity index (χ1) is 11.6. The Hall–Kier alpha value is -2.16.